The third kappa shape index (κ3) is 4.83. The lowest BCUT2D eigenvalue weighted by molar-refractivity contribution is -0.138. The number of aliphatic hydroxyl groups is 1. The van der Waals surface area contributed by atoms with Crippen molar-refractivity contribution in [3.05, 3.63) is 80.8 Å². The number of β-amino-alcohol motifs (C(OH)–C–C–N with tert-alkyl or cyclic N) is 1. The molecule has 14 heteroatoms. The van der Waals surface area contributed by atoms with Gasteiger partial charge in [-0.3, -0.25) is 14.5 Å². The van der Waals surface area contributed by atoms with Gasteiger partial charge in [0, 0.05) is 42.9 Å². The number of likely N-dealkylation sites (tertiary alicyclic amines) is 1. The highest BCUT2D eigenvalue weighted by Crippen LogP contribution is 2.55. The van der Waals surface area contributed by atoms with E-state index in [1.165, 1.54) is 54.4 Å². The lowest BCUT2D eigenvalue weighted by atomic mass is 9.81. The van der Waals surface area contributed by atoms with Gasteiger partial charge in [0.15, 0.2) is 5.54 Å². The summed E-state index contributed by atoms with van der Waals surface area (Å²) >= 11 is 19.7. The van der Waals surface area contributed by atoms with Crippen molar-refractivity contribution in [1.82, 2.24) is 9.80 Å². The Morgan fingerprint density at radius 3 is 2.28 bits per heavy atom. The molecule has 1 fully saturated rings. The highest BCUT2D eigenvalue weighted by Gasteiger charge is 2.64. The van der Waals surface area contributed by atoms with Gasteiger partial charge in [0.2, 0.25) is 5.91 Å². The van der Waals surface area contributed by atoms with Crippen LogP contribution in [0.5, 0.6) is 11.5 Å². The average molecular weight is 669 g/mol. The maximum atomic E-state index is 15.1. The molecule has 3 aromatic rings. The van der Waals surface area contributed by atoms with Crippen molar-refractivity contribution in [2.75, 3.05) is 39.2 Å². The minimum atomic E-state index is -4.71. The van der Waals surface area contributed by atoms with Gasteiger partial charge in [-0.1, -0.05) is 53.0 Å². The number of aliphatic hydroxyl groups excluding tert-OH is 1. The number of halogens is 3. The summed E-state index contributed by atoms with van der Waals surface area (Å²) in [5.74, 6) is -1.09. The number of likely N-dealkylation sites (N-methyl/N-ethyl adjacent to an activating group) is 1. The van der Waals surface area contributed by atoms with Crippen molar-refractivity contribution >= 4 is 62.3 Å². The number of hydrogen-bond donors (Lipinski definition) is 1. The summed E-state index contributed by atoms with van der Waals surface area (Å²) in [5.41, 5.74) is -1.77. The van der Waals surface area contributed by atoms with Crippen molar-refractivity contribution in [3.63, 3.8) is 0 Å². The van der Waals surface area contributed by atoms with Crippen molar-refractivity contribution in [2.24, 2.45) is 0 Å². The SMILES string of the molecule is COc1ccc(S(=O)(=O)N2C(=O)C(c3ccccc3Cl)(N3C[C@H](O)C[C@H]3C(=O)N(C)C)c3cc(Cl)c(Cl)cc32)c(OC)c1. The molecule has 1 unspecified atom stereocenters. The second-order valence-electron chi connectivity index (χ2n) is 10.4. The molecule has 3 aromatic carbocycles. The molecular weight excluding hydrogens is 641 g/mol. The molecule has 2 aliphatic rings. The first-order valence-electron chi connectivity index (χ1n) is 13.0. The summed E-state index contributed by atoms with van der Waals surface area (Å²) in [5, 5.41) is 11.0. The second-order valence-corrected chi connectivity index (χ2v) is 13.3. The van der Waals surface area contributed by atoms with Gasteiger partial charge in [-0.05, 0) is 36.8 Å². The Hall–Kier alpha value is -3.06. The molecule has 5 rings (SSSR count). The van der Waals surface area contributed by atoms with Gasteiger partial charge in [-0.25, -0.2) is 12.7 Å². The predicted octanol–water partition coefficient (Wildman–Crippen LogP) is 4.17. The molecule has 43 heavy (non-hydrogen) atoms. The van der Waals surface area contributed by atoms with Gasteiger partial charge in [0.05, 0.1) is 42.1 Å². The van der Waals surface area contributed by atoms with Gasteiger partial charge in [-0.15, -0.1) is 0 Å². The molecule has 1 N–H and O–H groups in total. The fourth-order valence-corrected chi connectivity index (χ4v) is 8.04. The monoisotopic (exact) mass is 667 g/mol. The normalized spacial score (nSPS) is 22.0. The van der Waals surface area contributed by atoms with Gasteiger partial charge in [-0.2, -0.15) is 0 Å². The lowest BCUT2D eigenvalue weighted by Crippen LogP contribution is -2.59. The molecule has 2 aliphatic heterocycles. The Morgan fingerprint density at radius 1 is 0.977 bits per heavy atom. The molecule has 0 spiro atoms. The number of carbonyl (C=O) groups is 2. The maximum Gasteiger partial charge on any atom is 0.274 e. The number of ether oxygens (including phenoxy) is 2. The van der Waals surface area contributed by atoms with Crippen molar-refractivity contribution in [2.45, 2.75) is 29.0 Å². The van der Waals surface area contributed by atoms with Crippen molar-refractivity contribution in [3.8, 4) is 11.5 Å². The summed E-state index contributed by atoms with van der Waals surface area (Å²) in [7, 11) is 1.11. The summed E-state index contributed by atoms with van der Waals surface area (Å²) in [6, 6.07) is 12.2. The Bertz CT molecular complexity index is 1740. The number of anilines is 1. The van der Waals surface area contributed by atoms with E-state index in [-0.39, 0.29) is 55.5 Å². The first kappa shape index (κ1) is 31.4. The lowest BCUT2D eigenvalue weighted by Gasteiger charge is -2.42. The Labute approximate surface area is 264 Å². The average Bonchev–Trinajstić information content (AvgIpc) is 3.47. The first-order chi connectivity index (χ1) is 20.3. The molecule has 3 atom stereocenters. The zero-order valence-corrected chi connectivity index (χ0v) is 26.6. The molecule has 0 bridgehead atoms. The molecule has 2 amide bonds. The highest BCUT2D eigenvalue weighted by molar-refractivity contribution is 7.93. The zero-order chi connectivity index (χ0) is 31.4. The predicted molar refractivity (Wildman–Crippen MR) is 163 cm³/mol. The first-order valence-corrected chi connectivity index (χ1v) is 15.6. The van der Waals surface area contributed by atoms with Gasteiger partial charge in [0.25, 0.3) is 15.9 Å². The number of fused-ring (bicyclic) bond motifs is 1. The Morgan fingerprint density at radius 2 is 1.65 bits per heavy atom. The van der Waals surface area contributed by atoms with Crippen LogP contribution in [0.4, 0.5) is 5.69 Å². The molecule has 0 saturated carbocycles. The fraction of sp³-hybridized carbons (Fsp3) is 0.310. The second kappa shape index (κ2) is 11.5. The number of rotatable bonds is 7. The largest absolute Gasteiger partial charge is 0.497 e. The van der Waals surface area contributed by atoms with E-state index in [2.05, 4.69) is 0 Å². The van der Waals surface area contributed by atoms with E-state index >= 15 is 4.79 Å². The number of carbonyl (C=O) groups excluding carboxylic acids is 2. The van der Waals surface area contributed by atoms with E-state index in [4.69, 9.17) is 44.3 Å². The van der Waals surface area contributed by atoms with Crippen molar-refractivity contribution < 1.29 is 32.6 Å². The van der Waals surface area contributed by atoms with Crippen LogP contribution < -0.4 is 13.8 Å². The third-order valence-corrected chi connectivity index (χ3v) is 10.5. The van der Waals surface area contributed by atoms with E-state index in [1.54, 1.807) is 38.4 Å². The van der Waals surface area contributed by atoms with E-state index in [1.807, 2.05) is 0 Å². The van der Waals surface area contributed by atoms with Crippen LogP contribution in [-0.4, -0.2) is 82.1 Å². The number of hydrogen-bond acceptors (Lipinski definition) is 8. The maximum absolute atomic E-state index is 15.1. The van der Waals surface area contributed by atoms with Gasteiger partial charge >= 0.3 is 0 Å². The number of benzene rings is 3. The van der Waals surface area contributed by atoms with Crippen LogP contribution >= 0.6 is 34.8 Å². The number of sulfonamides is 1. The van der Waals surface area contributed by atoms with Crippen LogP contribution in [-0.2, 0) is 25.2 Å². The molecule has 0 radical (unpaired) electrons. The number of amides is 2. The molecule has 2 heterocycles. The summed E-state index contributed by atoms with van der Waals surface area (Å²) in [6.45, 7) is -0.152. The molecular formula is C29H28Cl3N3O7S. The van der Waals surface area contributed by atoms with E-state index in [0.717, 1.165) is 0 Å². The highest BCUT2D eigenvalue weighted by atomic mass is 35.5. The van der Waals surface area contributed by atoms with E-state index < -0.39 is 39.5 Å². The van der Waals surface area contributed by atoms with Crippen LogP contribution in [0, 0.1) is 0 Å². The van der Waals surface area contributed by atoms with Gasteiger partial charge < -0.3 is 19.5 Å². The third-order valence-electron chi connectivity index (χ3n) is 7.73. The number of nitrogens with zero attached hydrogens (tertiary/aromatic N) is 3. The quantitative estimate of drug-likeness (QED) is 0.399. The van der Waals surface area contributed by atoms with Crippen LogP contribution in [0.1, 0.15) is 17.5 Å². The Balaban J connectivity index is 1.88. The Kier molecular flexibility index (Phi) is 8.36. The zero-order valence-electron chi connectivity index (χ0n) is 23.5. The summed E-state index contributed by atoms with van der Waals surface area (Å²) in [6.07, 6.45) is -1.02. The standard InChI is InChI=1S/C29H28Cl3N3O7S/c1-33(2)27(37)24-11-16(36)15-34(24)29(18-7-5-6-8-20(18)30)19-13-21(31)22(32)14-23(19)35(28(29)38)43(39,40)26-10-9-17(41-3)12-25(26)42-4/h5-10,12-14,16,24,36H,11,15H2,1-4H3/t16-,24+,29?/m1/s1. The molecule has 228 valence electrons. The van der Waals surface area contributed by atoms with Crippen LogP contribution in [0.2, 0.25) is 15.1 Å². The van der Waals surface area contributed by atoms with Crippen LogP contribution in [0.15, 0.2) is 59.5 Å². The van der Waals surface area contributed by atoms with Crippen LogP contribution in [0.25, 0.3) is 0 Å². The minimum absolute atomic E-state index is 0.00699. The fourth-order valence-electron chi connectivity index (χ4n) is 5.85. The molecule has 10 nitrogen and oxygen atoms in total. The van der Waals surface area contributed by atoms with E-state index in [0.29, 0.717) is 10.1 Å². The smallest absolute Gasteiger partial charge is 0.274 e. The number of methoxy groups -OCH3 is 2. The summed E-state index contributed by atoms with van der Waals surface area (Å²) in [4.78, 5) is 31.2. The molecule has 1 saturated heterocycles. The topological polar surface area (TPSA) is 117 Å². The van der Waals surface area contributed by atoms with Gasteiger partial charge in [0.1, 0.15) is 16.4 Å². The summed E-state index contributed by atoms with van der Waals surface area (Å²) < 4.78 is 40.3. The molecule has 0 aromatic heterocycles. The van der Waals surface area contributed by atoms with E-state index in [9.17, 15) is 18.3 Å². The molecule has 0 aliphatic carbocycles. The van der Waals surface area contributed by atoms with Crippen LogP contribution in [0.3, 0.4) is 0 Å². The minimum Gasteiger partial charge on any atom is -0.497 e. The van der Waals surface area contributed by atoms with Crippen molar-refractivity contribution in [1.29, 1.82) is 0 Å².